The van der Waals surface area contributed by atoms with E-state index in [1.165, 1.54) is 18.2 Å². The molecule has 0 saturated heterocycles. The van der Waals surface area contributed by atoms with E-state index < -0.39 is 28.3 Å². The van der Waals surface area contributed by atoms with E-state index >= 15 is 0 Å². The molecule has 1 heterocycles. The van der Waals surface area contributed by atoms with Crippen molar-refractivity contribution in [2.45, 2.75) is 4.21 Å². The average Bonchev–Trinajstić information content (AvgIpc) is 3.28. The van der Waals surface area contributed by atoms with Crippen molar-refractivity contribution in [3.63, 3.8) is 0 Å². The van der Waals surface area contributed by atoms with Crippen molar-refractivity contribution in [3.05, 3.63) is 90.1 Å². The van der Waals surface area contributed by atoms with E-state index in [0.29, 0.717) is 5.69 Å². The molecule has 4 rings (SSSR count). The van der Waals surface area contributed by atoms with Gasteiger partial charge >= 0.3 is 0 Å². The first-order valence-corrected chi connectivity index (χ1v) is 11.4. The zero-order chi connectivity index (χ0) is 21.1. The summed E-state index contributed by atoms with van der Waals surface area (Å²) < 4.78 is 40.6. The van der Waals surface area contributed by atoms with Crippen molar-refractivity contribution < 1.29 is 17.6 Å². The number of sulfonamides is 1. The minimum atomic E-state index is -3.98. The predicted molar refractivity (Wildman–Crippen MR) is 118 cm³/mol. The van der Waals surface area contributed by atoms with E-state index in [9.17, 15) is 17.6 Å². The number of amides is 1. The summed E-state index contributed by atoms with van der Waals surface area (Å²) in [5.74, 6) is -0.998. The van der Waals surface area contributed by atoms with E-state index in [-0.39, 0.29) is 9.90 Å². The Kier molecular flexibility index (Phi) is 5.52. The Morgan fingerprint density at radius 2 is 1.67 bits per heavy atom. The van der Waals surface area contributed by atoms with Crippen LogP contribution < -0.4 is 9.62 Å². The average molecular weight is 441 g/mol. The summed E-state index contributed by atoms with van der Waals surface area (Å²) in [4.78, 5) is 12.7. The molecular formula is C22H17FN2O3S2. The Morgan fingerprint density at radius 3 is 2.37 bits per heavy atom. The van der Waals surface area contributed by atoms with Crippen molar-refractivity contribution in [3.8, 4) is 0 Å². The van der Waals surface area contributed by atoms with Gasteiger partial charge in [0.15, 0.2) is 0 Å². The number of hydrogen-bond acceptors (Lipinski definition) is 4. The second-order valence-corrected chi connectivity index (χ2v) is 9.57. The van der Waals surface area contributed by atoms with Crippen LogP contribution in [0.3, 0.4) is 0 Å². The maximum atomic E-state index is 13.4. The quantitative estimate of drug-likeness (QED) is 0.465. The molecular weight excluding hydrogens is 423 g/mol. The summed E-state index contributed by atoms with van der Waals surface area (Å²) >= 11 is 1.05. The normalized spacial score (nSPS) is 11.4. The number of benzene rings is 3. The highest BCUT2D eigenvalue weighted by molar-refractivity contribution is 7.94. The van der Waals surface area contributed by atoms with Gasteiger partial charge in [-0.3, -0.25) is 9.10 Å². The van der Waals surface area contributed by atoms with Gasteiger partial charge in [0.25, 0.3) is 10.0 Å². The standard InChI is InChI=1S/C22H17FN2O3S2/c23-18-8-11-20(12-9-18)25(30(27,28)22-6-3-13-29-22)15-21(26)24-19-10-7-16-4-1-2-5-17(16)14-19/h1-14H,15H2,(H,24,26). The van der Waals surface area contributed by atoms with Crippen molar-refractivity contribution >= 4 is 49.4 Å². The van der Waals surface area contributed by atoms with Gasteiger partial charge in [-0.05, 0) is 58.6 Å². The first-order valence-electron chi connectivity index (χ1n) is 9.04. The number of thiophene rings is 1. The molecule has 3 aromatic carbocycles. The lowest BCUT2D eigenvalue weighted by molar-refractivity contribution is -0.114. The fourth-order valence-corrected chi connectivity index (χ4v) is 5.56. The van der Waals surface area contributed by atoms with Gasteiger partial charge in [0.05, 0.1) is 5.69 Å². The van der Waals surface area contributed by atoms with E-state index in [1.54, 1.807) is 17.5 Å². The van der Waals surface area contributed by atoms with Crippen LogP contribution in [-0.4, -0.2) is 20.9 Å². The molecule has 0 spiro atoms. The summed E-state index contributed by atoms with van der Waals surface area (Å²) in [6.45, 7) is -0.446. The number of fused-ring (bicyclic) bond motifs is 1. The molecule has 0 atom stereocenters. The first kappa shape index (κ1) is 20.1. The molecule has 0 fully saturated rings. The fourth-order valence-electron chi connectivity index (χ4n) is 3.04. The van der Waals surface area contributed by atoms with Crippen molar-refractivity contribution in [1.29, 1.82) is 0 Å². The monoisotopic (exact) mass is 440 g/mol. The van der Waals surface area contributed by atoms with Gasteiger partial charge in [0.1, 0.15) is 16.6 Å². The Hall–Kier alpha value is -3.23. The van der Waals surface area contributed by atoms with Crippen molar-refractivity contribution in [2.75, 3.05) is 16.2 Å². The third-order valence-electron chi connectivity index (χ3n) is 4.47. The van der Waals surface area contributed by atoms with Gasteiger partial charge in [-0.1, -0.05) is 36.4 Å². The number of anilines is 2. The number of nitrogens with one attached hydrogen (secondary N) is 1. The van der Waals surface area contributed by atoms with Crippen LogP contribution in [-0.2, 0) is 14.8 Å². The Bertz CT molecular complexity index is 1290. The second-order valence-electron chi connectivity index (χ2n) is 6.53. The highest BCUT2D eigenvalue weighted by Crippen LogP contribution is 2.27. The minimum absolute atomic E-state index is 0.102. The van der Waals surface area contributed by atoms with E-state index in [2.05, 4.69) is 5.32 Å². The highest BCUT2D eigenvalue weighted by atomic mass is 32.2. The van der Waals surface area contributed by atoms with Gasteiger partial charge in [-0.2, -0.15) is 0 Å². The molecule has 1 aromatic heterocycles. The third-order valence-corrected chi connectivity index (χ3v) is 7.62. The second kappa shape index (κ2) is 8.25. The first-order chi connectivity index (χ1) is 14.4. The lowest BCUT2D eigenvalue weighted by Crippen LogP contribution is -2.37. The van der Waals surface area contributed by atoms with Crippen LogP contribution >= 0.6 is 11.3 Å². The van der Waals surface area contributed by atoms with E-state index in [1.807, 2.05) is 36.4 Å². The summed E-state index contributed by atoms with van der Waals surface area (Å²) in [6, 6.07) is 21.3. The largest absolute Gasteiger partial charge is 0.324 e. The number of hydrogen-bond donors (Lipinski definition) is 1. The molecule has 0 saturated carbocycles. The molecule has 0 bridgehead atoms. The van der Waals surface area contributed by atoms with Crippen LogP contribution in [0, 0.1) is 5.82 Å². The maximum absolute atomic E-state index is 13.4. The number of nitrogens with zero attached hydrogens (tertiary/aromatic N) is 1. The molecule has 5 nitrogen and oxygen atoms in total. The predicted octanol–water partition coefficient (Wildman–Crippen LogP) is 4.87. The molecule has 0 aliphatic heterocycles. The Labute approximate surface area is 177 Å². The van der Waals surface area contributed by atoms with Crippen LogP contribution in [0.2, 0.25) is 0 Å². The Morgan fingerprint density at radius 1 is 0.933 bits per heavy atom. The van der Waals surface area contributed by atoms with Crippen LogP contribution in [0.15, 0.2) is 88.5 Å². The lowest BCUT2D eigenvalue weighted by Gasteiger charge is -2.23. The van der Waals surface area contributed by atoms with Gasteiger partial charge in [-0.15, -0.1) is 11.3 Å². The minimum Gasteiger partial charge on any atom is -0.324 e. The molecule has 1 amide bonds. The maximum Gasteiger partial charge on any atom is 0.274 e. The van der Waals surface area contributed by atoms with Gasteiger partial charge < -0.3 is 5.32 Å². The molecule has 0 aliphatic rings. The molecule has 0 aliphatic carbocycles. The van der Waals surface area contributed by atoms with Crippen LogP contribution in [0.25, 0.3) is 10.8 Å². The summed E-state index contributed by atoms with van der Waals surface area (Å²) in [6.07, 6.45) is 0. The smallest absolute Gasteiger partial charge is 0.274 e. The van der Waals surface area contributed by atoms with Gasteiger partial charge in [-0.25, -0.2) is 12.8 Å². The number of rotatable bonds is 6. The van der Waals surface area contributed by atoms with Crippen LogP contribution in [0.1, 0.15) is 0 Å². The Balaban J connectivity index is 1.62. The topological polar surface area (TPSA) is 66.5 Å². The zero-order valence-corrected chi connectivity index (χ0v) is 17.3. The lowest BCUT2D eigenvalue weighted by atomic mass is 10.1. The zero-order valence-electron chi connectivity index (χ0n) is 15.7. The highest BCUT2D eigenvalue weighted by Gasteiger charge is 2.28. The molecule has 0 radical (unpaired) electrons. The van der Waals surface area contributed by atoms with E-state index in [0.717, 1.165) is 38.5 Å². The van der Waals surface area contributed by atoms with Crippen molar-refractivity contribution in [1.82, 2.24) is 0 Å². The number of carbonyl (C=O) groups is 1. The number of carbonyl (C=O) groups excluding carboxylic acids is 1. The summed E-state index contributed by atoms with van der Waals surface area (Å²) in [7, 11) is -3.98. The van der Waals surface area contributed by atoms with Crippen LogP contribution in [0.4, 0.5) is 15.8 Å². The molecule has 4 aromatic rings. The number of halogens is 1. The van der Waals surface area contributed by atoms with Gasteiger partial charge in [0.2, 0.25) is 5.91 Å². The van der Waals surface area contributed by atoms with Crippen molar-refractivity contribution in [2.24, 2.45) is 0 Å². The van der Waals surface area contributed by atoms with E-state index in [4.69, 9.17) is 0 Å². The SMILES string of the molecule is O=C(CN(c1ccc(F)cc1)S(=O)(=O)c1cccs1)Nc1ccc2ccccc2c1. The fraction of sp³-hybridized carbons (Fsp3) is 0.0455. The molecule has 30 heavy (non-hydrogen) atoms. The molecule has 1 N–H and O–H groups in total. The van der Waals surface area contributed by atoms with Gasteiger partial charge in [0, 0.05) is 5.69 Å². The van der Waals surface area contributed by atoms with Crippen LogP contribution in [0.5, 0.6) is 0 Å². The summed E-state index contributed by atoms with van der Waals surface area (Å²) in [5, 5.41) is 6.38. The molecule has 152 valence electrons. The molecule has 8 heteroatoms. The third kappa shape index (κ3) is 4.19. The summed E-state index contributed by atoms with van der Waals surface area (Å²) in [5.41, 5.74) is 0.768. The molecule has 0 unspecified atom stereocenters.